The van der Waals surface area contributed by atoms with E-state index in [1.54, 1.807) is 59.0 Å². The second-order valence-corrected chi connectivity index (χ2v) is 8.18. The molecule has 0 aromatic heterocycles. The van der Waals surface area contributed by atoms with E-state index in [4.69, 9.17) is 0 Å². The summed E-state index contributed by atoms with van der Waals surface area (Å²) < 4.78 is 26.7. The van der Waals surface area contributed by atoms with Crippen molar-refractivity contribution in [3.8, 4) is 0 Å². The summed E-state index contributed by atoms with van der Waals surface area (Å²) in [5, 5.41) is 0. The monoisotopic (exact) mass is 441 g/mol. The lowest BCUT2D eigenvalue weighted by atomic mass is 10.2. The zero-order valence-electron chi connectivity index (χ0n) is 12.6. The lowest BCUT2D eigenvalue weighted by Crippen LogP contribution is -2.36. The van der Waals surface area contributed by atoms with Crippen LogP contribution in [-0.4, -0.2) is 18.6 Å². The van der Waals surface area contributed by atoms with Crippen LogP contribution in [0.15, 0.2) is 69.7 Å². The van der Waals surface area contributed by atoms with Gasteiger partial charge in [0, 0.05) is 0 Å². The molecular weight excluding hydrogens is 425 g/mol. The SMILES string of the molecule is C=C(I)C(=O)N(Cc1ccccc1)S(=O)(=O)c1ccc(C)cc1. The number of halogens is 1. The van der Waals surface area contributed by atoms with Crippen LogP contribution in [0.5, 0.6) is 0 Å². The number of amides is 1. The number of rotatable bonds is 5. The van der Waals surface area contributed by atoms with Gasteiger partial charge in [-0.15, -0.1) is 0 Å². The first-order chi connectivity index (χ1) is 10.8. The summed E-state index contributed by atoms with van der Waals surface area (Å²) in [5.74, 6) is -0.616. The van der Waals surface area contributed by atoms with Gasteiger partial charge >= 0.3 is 0 Å². The number of sulfonamides is 1. The second kappa shape index (κ2) is 7.27. The van der Waals surface area contributed by atoms with E-state index in [-0.39, 0.29) is 15.0 Å². The fraction of sp³-hybridized carbons (Fsp3) is 0.118. The van der Waals surface area contributed by atoms with Crippen molar-refractivity contribution in [2.45, 2.75) is 18.4 Å². The molecule has 0 aliphatic carbocycles. The van der Waals surface area contributed by atoms with Crippen LogP contribution in [0.4, 0.5) is 0 Å². The molecule has 23 heavy (non-hydrogen) atoms. The molecule has 0 heterocycles. The number of aryl methyl sites for hydroxylation is 1. The minimum atomic E-state index is -3.94. The van der Waals surface area contributed by atoms with Gasteiger partial charge in [0.15, 0.2) is 0 Å². The highest BCUT2D eigenvalue weighted by molar-refractivity contribution is 14.1. The molecule has 0 spiro atoms. The van der Waals surface area contributed by atoms with Crippen LogP contribution >= 0.6 is 22.6 Å². The van der Waals surface area contributed by atoms with Gasteiger partial charge in [0.25, 0.3) is 15.9 Å². The van der Waals surface area contributed by atoms with E-state index in [9.17, 15) is 13.2 Å². The number of carbonyl (C=O) groups excluding carboxylic acids is 1. The van der Waals surface area contributed by atoms with Crippen molar-refractivity contribution in [2.75, 3.05) is 0 Å². The van der Waals surface area contributed by atoms with E-state index >= 15 is 0 Å². The predicted octanol–water partition coefficient (Wildman–Crippen LogP) is 3.66. The molecule has 0 atom stereocenters. The molecule has 0 saturated heterocycles. The maximum absolute atomic E-state index is 12.9. The fourth-order valence-electron chi connectivity index (χ4n) is 1.99. The van der Waals surface area contributed by atoms with Gasteiger partial charge in [-0.2, -0.15) is 0 Å². The fourth-order valence-corrected chi connectivity index (χ4v) is 3.82. The van der Waals surface area contributed by atoms with Gasteiger partial charge in [-0.1, -0.05) is 54.6 Å². The normalized spacial score (nSPS) is 11.0. The van der Waals surface area contributed by atoms with E-state index < -0.39 is 15.9 Å². The summed E-state index contributed by atoms with van der Waals surface area (Å²) in [6.45, 7) is 5.41. The van der Waals surface area contributed by atoms with E-state index in [0.29, 0.717) is 0 Å². The topological polar surface area (TPSA) is 54.5 Å². The van der Waals surface area contributed by atoms with Crippen LogP contribution in [0.3, 0.4) is 0 Å². The Labute approximate surface area is 150 Å². The van der Waals surface area contributed by atoms with Gasteiger partial charge in [-0.3, -0.25) is 4.79 Å². The van der Waals surface area contributed by atoms with Crippen molar-refractivity contribution in [3.05, 3.63) is 75.9 Å². The van der Waals surface area contributed by atoms with E-state index in [0.717, 1.165) is 15.4 Å². The summed E-state index contributed by atoms with van der Waals surface area (Å²) in [5.41, 5.74) is 1.68. The molecule has 6 heteroatoms. The number of carbonyl (C=O) groups is 1. The standard InChI is InChI=1S/C17H16INO3S/c1-13-8-10-16(11-9-13)23(21,22)19(17(20)14(2)18)12-15-6-4-3-5-7-15/h3-11H,2,12H2,1H3. The smallest absolute Gasteiger partial charge is 0.267 e. The van der Waals surface area contributed by atoms with Crippen LogP contribution in [0.25, 0.3) is 0 Å². The Balaban J connectivity index is 2.46. The Kier molecular flexibility index (Phi) is 5.59. The van der Waals surface area contributed by atoms with Crippen LogP contribution in [0, 0.1) is 6.92 Å². The highest BCUT2D eigenvalue weighted by Crippen LogP contribution is 2.22. The minimum Gasteiger partial charge on any atom is -0.267 e. The second-order valence-electron chi connectivity index (χ2n) is 5.02. The molecule has 4 nitrogen and oxygen atoms in total. The molecule has 0 fully saturated rings. The lowest BCUT2D eigenvalue weighted by molar-refractivity contribution is -0.122. The Hall–Kier alpha value is -1.67. The van der Waals surface area contributed by atoms with Crippen molar-refractivity contribution in [3.63, 3.8) is 0 Å². The summed E-state index contributed by atoms with van der Waals surface area (Å²) in [4.78, 5) is 12.5. The lowest BCUT2D eigenvalue weighted by Gasteiger charge is -2.22. The molecule has 0 unspecified atom stereocenters. The average molecular weight is 441 g/mol. The number of hydrogen-bond donors (Lipinski definition) is 0. The largest absolute Gasteiger partial charge is 0.273 e. The van der Waals surface area contributed by atoms with Crippen molar-refractivity contribution in [2.24, 2.45) is 0 Å². The maximum atomic E-state index is 12.9. The Morgan fingerprint density at radius 2 is 1.65 bits per heavy atom. The van der Waals surface area contributed by atoms with Gasteiger partial charge in [0.1, 0.15) is 0 Å². The van der Waals surface area contributed by atoms with Crippen LogP contribution in [-0.2, 0) is 21.4 Å². The summed E-state index contributed by atoms with van der Waals surface area (Å²) in [7, 11) is -3.94. The highest BCUT2D eigenvalue weighted by Gasteiger charge is 2.30. The minimum absolute atomic E-state index is 0.0299. The predicted molar refractivity (Wildman–Crippen MR) is 98.5 cm³/mol. The molecule has 1 amide bonds. The van der Waals surface area contributed by atoms with Gasteiger partial charge in [-0.05, 0) is 47.2 Å². The molecule has 2 aromatic carbocycles. The maximum Gasteiger partial charge on any atom is 0.273 e. The van der Waals surface area contributed by atoms with E-state index in [1.165, 1.54) is 12.1 Å². The molecule has 0 bridgehead atoms. The Morgan fingerprint density at radius 1 is 1.09 bits per heavy atom. The summed E-state index contributed by atoms with van der Waals surface area (Å²) in [6, 6.07) is 15.4. The van der Waals surface area contributed by atoms with Crippen molar-refractivity contribution in [1.29, 1.82) is 0 Å². The van der Waals surface area contributed by atoms with Gasteiger partial charge in [0.05, 0.1) is 15.0 Å². The van der Waals surface area contributed by atoms with Crippen molar-refractivity contribution < 1.29 is 13.2 Å². The number of hydrogen-bond acceptors (Lipinski definition) is 3. The first kappa shape index (κ1) is 17.7. The zero-order valence-corrected chi connectivity index (χ0v) is 15.5. The highest BCUT2D eigenvalue weighted by atomic mass is 127. The Bertz CT molecular complexity index is 815. The first-order valence-electron chi connectivity index (χ1n) is 6.84. The molecule has 0 radical (unpaired) electrons. The number of nitrogens with zero attached hydrogens (tertiary/aromatic N) is 1. The third-order valence-corrected chi connectivity index (χ3v) is 5.44. The van der Waals surface area contributed by atoms with Gasteiger partial charge in [0.2, 0.25) is 0 Å². The van der Waals surface area contributed by atoms with Crippen LogP contribution < -0.4 is 0 Å². The van der Waals surface area contributed by atoms with Gasteiger partial charge in [-0.25, -0.2) is 12.7 Å². The molecule has 0 aliphatic heterocycles. The molecule has 0 N–H and O–H groups in total. The number of benzene rings is 2. The van der Waals surface area contributed by atoms with Gasteiger partial charge < -0.3 is 0 Å². The van der Waals surface area contributed by atoms with E-state index in [1.807, 2.05) is 13.0 Å². The quantitative estimate of drug-likeness (QED) is 0.526. The third-order valence-electron chi connectivity index (χ3n) is 3.24. The molecular formula is C17H16INO3S. The third kappa shape index (κ3) is 4.20. The molecule has 2 rings (SSSR count). The molecule has 0 saturated carbocycles. The first-order valence-corrected chi connectivity index (χ1v) is 9.36. The van der Waals surface area contributed by atoms with Crippen LogP contribution in [0.1, 0.15) is 11.1 Å². The molecule has 120 valence electrons. The summed E-state index contributed by atoms with van der Waals surface area (Å²) in [6.07, 6.45) is 0. The Morgan fingerprint density at radius 3 is 2.17 bits per heavy atom. The van der Waals surface area contributed by atoms with Crippen molar-refractivity contribution >= 4 is 38.5 Å². The van der Waals surface area contributed by atoms with Crippen molar-refractivity contribution in [1.82, 2.24) is 4.31 Å². The van der Waals surface area contributed by atoms with E-state index in [2.05, 4.69) is 6.58 Å². The molecule has 0 aliphatic rings. The zero-order chi connectivity index (χ0) is 17.0. The summed E-state index contributed by atoms with van der Waals surface area (Å²) >= 11 is 1.74. The van der Waals surface area contributed by atoms with Crippen LogP contribution in [0.2, 0.25) is 0 Å². The molecule has 2 aromatic rings. The average Bonchev–Trinajstić information content (AvgIpc) is 2.53.